The molecule has 0 aromatic heterocycles. The first kappa shape index (κ1) is 14.3. The maximum Gasteiger partial charge on any atom is 0.157 e. The third kappa shape index (κ3) is 3.80. The second-order valence-electron chi connectivity index (χ2n) is 2.36. The summed E-state index contributed by atoms with van der Waals surface area (Å²) < 4.78 is 0. The Balaban J connectivity index is 0. The zero-order valence-corrected chi connectivity index (χ0v) is 6.12. The van der Waals surface area contributed by atoms with E-state index in [2.05, 4.69) is 0 Å². The van der Waals surface area contributed by atoms with Crippen molar-refractivity contribution >= 4 is 0 Å². The van der Waals surface area contributed by atoms with Crippen LogP contribution >= 0.6 is 0 Å². The minimum Gasteiger partial charge on any atom is -0.504 e. The van der Waals surface area contributed by atoms with Crippen LogP contribution < -0.4 is 5.73 Å². The molecule has 0 aliphatic rings. The van der Waals surface area contributed by atoms with Crippen LogP contribution in [0.4, 0.5) is 0 Å². The first-order valence-corrected chi connectivity index (χ1v) is 3.45. The van der Waals surface area contributed by atoms with Crippen molar-refractivity contribution in [3.05, 3.63) is 23.8 Å². The zero-order chi connectivity index (χ0) is 8.27. The van der Waals surface area contributed by atoms with Crippen molar-refractivity contribution in [1.29, 1.82) is 0 Å². The Kier molecular flexibility index (Phi) is 6.95. The maximum atomic E-state index is 9.04. The van der Waals surface area contributed by atoms with Crippen LogP contribution in [0, 0.1) is 0 Å². The molecule has 0 amide bonds. The topological polar surface area (TPSA) is 66.5 Å². The SMILES string of the molecule is C.C.NCCc1ccc(O)c(O)c1. The Bertz CT molecular complexity index is 249. The third-order valence-corrected chi connectivity index (χ3v) is 1.47. The van der Waals surface area contributed by atoms with Gasteiger partial charge in [-0.1, -0.05) is 20.9 Å². The molecule has 3 heteroatoms. The molecule has 0 aliphatic carbocycles. The molecule has 0 aliphatic heterocycles. The van der Waals surface area contributed by atoms with E-state index >= 15 is 0 Å². The van der Waals surface area contributed by atoms with Gasteiger partial charge in [-0.05, 0) is 30.7 Å². The van der Waals surface area contributed by atoms with Gasteiger partial charge in [0, 0.05) is 0 Å². The highest BCUT2D eigenvalue weighted by Crippen LogP contribution is 2.24. The van der Waals surface area contributed by atoms with E-state index in [9.17, 15) is 0 Å². The van der Waals surface area contributed by atoms with E-state index in [1.807, 2.05) is 0 Å². The minimum atomic E-state index is -0.0919. The molecule has 4 N–H and O–H groups in total. The quantitative estimate of drug-likeness (QED) is 0.616. The maximum absolute atomic E-state index is 9.04. The highest BCUT2D eigenvalue weighted by molar-refractivity contribution is 5.40. The molecule has 0 saturated heterocycles. The van der Waals surface area contributed by atoms with Crippen molar-refractivity contribution in [2.24, 2.45) is 5.73 Å². The average Bonchev–Trinajstić information content (AvgIpc) is 1.98. The number of nitrogens with two attached hydrogens (primary N) is 1. The summed E-state index contributed by atoms with van der Waals surface area (Å²) >= 11 is 0. The van der Waals surface area contributed by atoms with Crippen molar-refractivity contribution in [2.45, 2.75) is 21.3 Å². The first-order valence-electron chi connectivity index (χ1n) is 3.45. The minimum absolute atomic E-state index is 0. The Morgan fingerprint density at radius 2 is 1.69 bits per heavy atom. The van der Waals surface area contributed by atoms with E-state index < -0.39 is 0 Å². The summed E-state index contributed by atoms with van der Waals surface area (Å²) in [6, 6.07) is 4.71. The lowest BCUT2D eigenvalue weighted by Gasteiger charge is -2.00. The summed E-state index contributed by atoms with van der Waals surface area (Å²) in [6.45, 7) is 0.546. The highest BCUT2D eigenvalue weighted by atomic mass is 16.3. The standard InChI is InChI=1S/C8H11NO2.2CH4/c9-4-3-6-1-2-7(10)8(11)5-6;;/h1-2,5,10-11H,3-4,9H2;2*1H4. The van der Waals surface area contributed by atoms with E-state index in [-0.39, 0.29) is 26.4 Å². The normalized spacial score (nSPS) is 8.38. The fourth-order valence-corrected chi connectivity index (χ4v) is 0.891. The molecule has 0 atom stereocenters. The third-order valence-electron chi connectivity index (χ3n) is 1.47. The van der Waals surface area contributed by atoms with Crippen LogP contribution in [-0.2, 0) is 6.42 Å². The van der Waals surface area contributed by atoms with Gasteiger partial charge >= 0.3 is 0 Å². The Morgan fingerprint density at radius 3 is 2.15 bits per heavy atom. The zero-order valence-electron chi connectivity index (χ0n) is 6.12. The number of benzene rings is 1. The molecule has 13 heavy (non-hydrogen) atoms. The smallest absolute Gasteiger partial charge is 0.157 e. The molecule has 3 nitrogen and oxygen atoms in total. The van der Waals surface area contributed by atoms with Gasteiger partial charge in [0.05, 0.1) is 0 Å². The lowest BCUT2D eigenvalue weighted by molar-refractivity contribution is 0.403. The lowest BCUT2D eigenvalue weighted by Crippen LogP contribution is -2.02. The molecule has 0 saturated carbocycles. The number of phenolic OH excluding ortho intramolecular Hbond substituents is 2. The molecule has 0 bridgehead atoms. The van der Waals surface area contributed by atoms with E-state index in [0.29, 0.717) is 13.0 Å². The molecular weight excluding hydrogens is 166 g/mol. The Labute approximate surface area is 79.8 Å². The summed E-state index contributed by atoms with van der Waals surface area (Å²) in [5.41, 5.74) is 6.24. The lowest BCUT2D eigenvalue weighted by atomic mass is 10.1. The molecule has 1 aromatic rings. The second-order valence-corrected chi connectivity index (χ2v) is 2.36. The predicted molar refractivity (Wildman–Crippen MR) is 56.0 cm³/mol. The largest absolute Gasteiger partial charge is 0.504 e. The van der Waals surface area contributed by atoms with Gasteiger partial charge in [0.2, 0.25) is 0 Å². The van der Waals surface area contributed by atoms with Gasteiger partial charge in [0.15, 0.2) is 11.5 Å². The molecule has 0 unspecified atom stereocenters. The fraction of sp³-hybridized carbons (Fsp3) is 0.400. The molecule has 0 radical (unpaired) electrons. The van der Waals surface area contributed by atoms with Gasteiger partial charge in [-0.15, -0.1) is 0 Å². The van der Waals surface area contributed by atoms with E-state index in [1.54, 1.807) is 6.07 Å². The van der Waals surface area contributed by atoms with Gasteiger partial charge in [-0.25, -0.2) is 0 Å². The summed E-state index contributed by atoms with van der Waals surface area (Å²) in [4.78, 5) is 0. The van der Waals surface area contributed by atoms with Crippen LogP contribution in [0.1, 0.15) is 20.4 Å². The van der Waals surface area contributed by atoms with Crippen LogP contribution in [0.15, 0.2) is 18.2 Å². The van der Waals surface area contributed by atoms with Gasteiger partial charge in [-0.3, -0.25) is 0 Å². The van der Waals surface area contributed by atoms with Crippen LogP contribution in [0.2, 0.25) is 0 Å². The Hall–Kier alpha value is -1.22. The van der Waals surface area contributed by atoms with E-state index in [1.165, 1.54) is 12.1 Å². The Morgan fingerprint density at radius 1 is 1.08 bits per heavy atom. The number of aromatic hydroxyl groups is 2. The molecule has 0 fully saturated rings. The fourth-order valence-electron chi connectivity index (χ4n) is 0.891. The van der Waals surface area contributed by atoms with Gasteiger partial charge < -0.3 is 15.9 Å². The molecular formula is C10H19NO2. The summed E-state index contributed by atoms with van der Waals surface area (Å²) in [6.07, 6.45) is 0.716. The van der Waals surface area contributed by atoms with Crippen LogP contribution in [-0.4, -0.2) is 16.8 Å². The van der Waals surface area contributed by atoms with Gasteiger partial charge in [0.25, 0.3) is 0 Å². The number of phenols is 2. The van der Waals surface area contributed by atoms with Crippen molar-refractivity contribution in [3.63, 3.8) is 0 Å². The van der Waals surface area contributed by atoms with Gasteiger partial charge in [-0.2, -0.15) is 0 Å². The first-order chi connectivity index (χ1) is 5.24. The van der Waals surface area contributed by atoms with E-state index in [4.69, 9.17) is 15.9 Å². The second kappa shape index (κ2) is 6.31. The molecule has 1 aromatic carbocycles. The number of hydrogen-bond donors (Lipinski definition) is 3. The van der Waals surface area contributed by atoms with Crippen LogP contribution in [0.5, 0.6) is 11.5 Å². The van der Waals surface area contributed by atoms with Crippen molar-refractivity contribution in [3.8, 4) is 11.5 Å². The summed E-state index contributed by atoms with van der Waals surface area (Å²) in [5.74, 6) is -0.179. The average molecular weight is 185 g/mol. The monoisotopic (exact) mass is 185 g/mol. The molecule has 1 rings (SSSR count). The molecule has 0 heterocycles. The number of hydrogen-bond acceptors (Lipinski definition) is 3. The van der Waals surface area contributed by atoms with Crippen molar-refractivity contribution in [1.82, 2.24) is 0 Å². The van der Waals surface area contributed by atoms with E-state index in [0.717, 1.165) is 5.56 Å². The predicted octanol–water partition coefficient (Wildman–Crippen LogP) is 1.87. The molecule has 0 spiro atoms. The van der Waals surface area contributed by atoms with Crippen molar-refractivity contribution in [2.75, 3.05) is 6.54 Å². The van der Waals surface area contributed by atoms with Gasteiger partial charge in [0.1, 0.15) is 0 Å². The van der Waals surface area contributed by atoms with Crippen LogP contribution in [0.3, 0.4) is 0 Å². The highest BCUT2D eigenvalue weighted by Gasteiger charge is 1.98. The van der Waals surface area contributed by atoms with Crippen LogP contribution in [0.25, 0.3) is 0 Å². The summed E-state index contributed by atoms with van der Waals surface area (Å²) in [7, 11) is 0. The number of rotatable bonds is 2. The summed E-state index contributed by atoms with van der Waals surface area (Å²) in [5, 5.41) is 18.0. The van der Waals surface area contributed by atoms with Crippen molar-refractivity contribution < 1.29 is 10.2 Å². The molecule has 76 valence electrons.